The lowest BCUT2D eigenvalue weighted by Crippen LogP contribution is -2.14. The van der Waals surface area contributed by atoms with Gasteiger partial charge in [-0.05, 0) is 55.5 Å². The Bertz CT molecular complexity index is 1250. The van der Waals surface area contributed by atoms with Crippen molar-refractivity contribution in [3.63, 3.8) is 0 Å². The average Bonchev–Trinajstić information content (AvgIpc) is 3.16. The van der Waals surface area contributed by atoms with Crippen molar-refractivity contribution < 1.29 is 4.79 Å². The Labute approximate surface area is 204 Å². The molecule has 0 aliphatic carbocycles. The molecule has 4 rings (SSSR count). The zero-order chi connectivity index (χ0) is 22.7. The van der Waals surface area contributed by atoms with E-state index in [1.54, 1.807) is 30.3 Å². The first-order valence-electron chi connectivity index (χ1n) is 9.56. The van der Waals surface area contributed by atoms with Crippen LogP contribution in [-0.4, -0.2) is 26.4 Å². The number of anilines is 1. The zero-order valence-corrected chi connectivity index (χ0v) is 19.9. The second kappa shape index (κ2) is 9.96. The second-order valence-corrected chi connectivity index (χ2v) is 9.23. The molecule has 3 aromatic carbocycles. The van der Waals surface area contributed by atoms with Gasteiger partial charge in [-0.25, -0.2) is 0 Å². The van der Waals surface area contributed by atoms with Crippen LogP contribution in [-0.2, 0) is 4.79 Å². The van der Waals surface area contributed by atoms with Crippen molar-refractivity contribution >= 4 is 58.2 Å². The summed E-state index contributed by atoms with van der Waals surface area (Å²) in [7, 11) is 0. The minimum absolute atomic E-state index is 0.129. The highest BCUT2D eigenvalue weighted by atomic mass is 35.5. The first-order chi connectivity index (χ1) is 15.4. The van der Waals surface area contributed by atoms with E-state index in [2.05, 4.69) is 15.5 Å². The predicted molar refractivity (Wildman–Crippen MR) is 132 cm³/mol. The third-order valence-corrected chi connectivity index (χ3v) is 6.09. The first kappa shape index (κ1) is 22.7. The Balaban J connectivity index is 1.60. The molecule has 0 atom stereocenters. The van der Waals surface area contributed by atoms with Crippen molar-refractivity contribution in [3.05, 3.63) is 87.4 Å². The third kappa shape index (κ3) is 5.45. The number of halogens is 3. The average molecular weight is 504 g/mol. The Hall–Kier alpha value is -2.51. The summed E-state index contributed by atoms with van der Waals surface area (Å²) in [5.41, 5.74) is 3.42. The predicted octanol–water partition coefficient (Wildman–Crippen LogP) is 6.93. The Kier molecular flexibility index (Phi) is 7.06. The maximum absolute atomic E-state index is 12.5. The number of nitrogens with zero attached hydrogens (tertiary/aromatic N) is 3. The van der Waals surface area contributed by atoms with Gasteiger partial charge in [-0.3, -0.25) is 9.36 Å². The summed E-state index contributed by atoms with van der Waals surface area (Å²) in [6.07, 6.45) is 0. The lowest BCUT2D eigenvalue weighted by Gasteiger charge is -2.11. The van der Waals surface area contributed by atoms with Gasteiger partial charge in [0.1, 0.15) is 0 Å². The van der Waals surface area contributed by atoms with Crippen LogP contribution in [0.1, 0.15) is 5.56 Å². The summed E-state index contributed by atoms with van der Waals surface area (Å²) < 4.78 is 1.92. The van der Waals surface area contributed by atoms with Crippen molar-refractivity contribution in [1.29, 1.82) is 0 Å². The lowest BCUT2D eigenvalue weighted by molar-refractivity contribution is -0.113. The van der Waals surface area contributed by atoms with Crippen LogP contribution in [0.15, 0.2) is 71.9 Å². The van der Waals surface area contributed by atoms with Gasteiger partial charge in [0.2, 0.25) is 5.91 Å². The molecular formula is C23H17Cl3N4OS. The van der Waals surface area contributed by atoms with Crippen molar-refractivity contribution in [1.82, 2.24) is 14.8 Å². The van der Waals surface area contributed by atoms with Crippen molar-refractivity contribution in [2.45, 2.75) is 12.1 Å². The van der Waals surface area contributed by atoms with Gasteiger partial charge in [0.15, 0.2) is 11.0 Å². The van der Waals surface area contributed by atoms with Crippen LogP contribution >= 0.6 is 46.6 Å². The number of carbonyl (C=O) groups is 1. The lowest BCUT2D eigenvalue weighted by atomic mass is 10.1. The minimum Gasteiger partial charge on any atom is -0.325 e. The molecule has 0 bridgehead atoms. The number of benzene rings is 3. The fourth-order valence-corrected chi connectivity index (χ4v) is 4.51. The zero-order valence-electron chi connectivity index (χ0n) is 16.8. The quantitative estimate of drug-likeness (QED) is 0.290. The monoisotopic (exact) mass is 502 g/mol. The van der Waals surface area contributed by atoms with E-state index in [0.717, 1.165) is 16.8 Å². The highest BCUT2D eigenvalue weighted by Crippen LogP contribution is 2.29. The molecule has 162 valence electrons. The minimum atomic E-state index is -0.212. The number of aromatic nitrogens is 3. The second-order valence-electron chi connectivity index (χ2n) is 6.98. The van der Waals surface area contributed by atoms with Crippen LogP contribution in [0.25, 0.3) is 17.1 Å². The molecule has 0 spiro atoms. The summed E-state index contributed by atoms with van der Waals surface area (Å²) in [4.78, 5) is 12.5. The molecule has 0 aliphatic heterocycles. The number of aryl methyl sites for hydroxylation is 1. The number of amides is 1. The van der Waals surface area contributed by atoms with Gasteiger partial charge in [0, 0.05) is 32.0 Å². The number of hydrogen-bond acceptors (Lipinski definition) is 4. The number of carbonyl (C=O) groups excluding carboxylic acids is 1. The van der Waals surface area contributed by atoms with Gasteiger partial charge in [0.25, 0.3) is 0 Å². The highest BCUT2D eigenvalue weighted by molar-refractivity contribution is 7.99. The van der Waals surface area contributed by atoms with E-state index >= 15 is 0 Å². The van der Waals surface area contributed by atoms with Crippen LogP contribution in [0.3, 0.4) is 0 Å². The third-order valence-electron chi connectivity index (χ3n) is 4.47. The maximum atomic E-state index is 12.5. The smallest absolute Gasteiger partial charge is 0.234 e. The molecule has 0 fully saturated rings. The first-order valence-corrected chi connectivity index (χ1v) is 11.7. The van der Waals surface area contributed by atoms with Gasteiger partial charge in [0.05, 0.1) is 5.75 Å². The van der Waals surface area contributed by atoms with Crippen LogP contribution in [0.2, 0.25) is 15.1 Å². The summed E-state index contributed by atoms with van der Waals surface area (Å²) in [5.74, 6) is 0.598. The molecule has 0 aliphatic rings. The molecule has 5 nitrogen and oxygen atoms in total. The molecule has 4 aromatic rings. The van der Waals surface area contributed by atoms with Crippen LogP contribution in [0, 0.1) is 6.92 Å². The molecule has 1 amide bonds. The largest absolute Gasteiger partial charge is 0.325 e. The standard InChI is InChI=1S/C23H17Cl3N4OS/c1-14-3-2-4-15(9-14)22-28-29-23(30(22)20-7-5-16(24)6-8-20)32-13-21(31)27-19-11-17(25)10-18(26)12-19/h2-12H,13H2,1H3,(H,27,31). The van der Waals surface area contributed by atoms with Gasteiger partial charge < -0.3 is 5.32 Å². The van der Waals surface area contributed by atoms with Crippen molar-refractivity contribution in [2.75, 3.05) is 11.1 Å². The molecule has 1 heterocycles. The van der Waals surface area contributed by atoms with E-state index in [1.165, 1.54) is 11.8 Å². The maximum Gasteiger partial charge on any atom is 0.234 e. The summed E-state index contributed by atoms with van der Waals surface area (Å²) in [6, 6.07) is 20.3. The number of hydrogen-bond donors (Lipinski definition) is 1. The summed E-state index contributed by atoms with van der Waals surface area (Å²) >= 11 is 19.4. The summed E-state index contributed by atoms with van der Waals surface area (Å²) in [6.45, 7) is 2.02. The van der Waals surface area contributed by atoms with Crippen LogP contribution in [0.5, 0.6) is 0 Å². The molecule has 0 saturated heterocycles. The van der Waals surface area contributed by atoms with E-state index in [-0.39, 0.29) is 11.7 Å². The van der Waals surface area contributed by atoms with Crippen LogP contribution < -0.4 is 5.32 Å². The van der Waals surface area contributed by atoms with Gasteiger partial charge in [-0.2, -0.15) is 0 Å². The number of nitrogens with one attached hydrogen (secondary N) is 1. The fourth-order valence-electron chi connectivity index (χ4n) is 3.11. The van der Waals surface area contributed by atoms with E-state index in [0.29, 0.717) is 31.7 Å². The molecule has 9 heteroatoms. The van der Waals surface area contributed by atoms with Gasteiger partial charge >= 0.3 is 0 Å². The van der Waals surface area contributed by atoms with Gasteiger partial charge in [-0.1, -0.05) is 70.3 Å². The Morgan fingerprint density at radius 3 is 2.34 bits per heavy atom. The highest BCUT2D eigenvalue weighted by Gasteiger charge is 2.17. The van der Waals surface area contributed by atoms with E-state index in [4.69, 9.17) is 34.8 Å². The van der Waals surface area contributed by atoms with Gasteiger partial charge in [-0.15, -0.1) is 10.2 Å². The van der Waals surface area contributed by atoms with E-state index in [1.807, 2.05) is 47.9 Å². The molecule has 1 N–H and O–H groups in total. The van der Waals surface area contributed by atoms with Crippen LogP contribution in [0.4, 0.5) is 5.69 Å². The molecule has 0 radical (unpaired) electrons. The SMILES string of the molecule is Cc1cccc(-c2nnc(SCC(=O)Nc3cc(Cl)cc(Cl)c3)n2-c2ccc(Cl)cc2)c1. The Morgan fingerprint density at radius 2 is 1.66 bits per heavy atom. The molecular weight excluding hydrogens is 487 g/mol. The Morgan fingerprint density at radius 1 is 0.938 bits per heavy atom. The summed E-state index contributed by atoms with van der Waals surface area (Å²) in [5, 5.41) is 13.7. The van der Waals surface area contributed by atoms with Crippen molar-refractivity contribution in [3.8, 4) is 17.1 Å². The van der Waals surface area contributed by atoms with Crippen molar-refractivity contribution in [2.24, 2.45) is 0 Å². The van der Waals surface area contributed by atoms with E-state index < -0.39 is 0 Å². The molecule has 1 aromatic heterocycles. The normalized spacial score (nSPS) is 10.9. The fraction of sp³-hybridized carbons (Fsp3) is 0.0870. The molecule has 32 heavy (non-hydrogen) atoms. The number of thioether (sulfide) groups is 1. The topological polar surface area (TPSA) is 59.8 Å². The van der Waals surface area contributed by atoms with E-state index in [9.17, 15) is 4.79 Å². The molecule has 0 saturated carbocycles. The number of rotatable bonds is 6. The molecule has 0 unspecified atom stereocenters.